The van der Waals surface area contributed by atoms with E-state index in [9.17, 15) is 0 Å². The molecular weight excluding hydrogens is 136 g/mol. The van der Waals surface area contributed by atoms with E-state index in [1.165, 1.54) is 12.0 Å². The summed E-state index contributed by atoms with van der Waals surface area (Å²) < 4.78 is 0. The van der Waals surface area contributed by atoms with Gasteiger partial charge in [-0.2, -0.15) is 0 Å². The molecule has 2 atom stereocenters. The molecule has 1 unspecified atom stereocenters. The van der Waals surface area contributed by atoms with Crippen molar-refractivity contribution in [3.8, 4) is 0 Å². The number of hydrogen-bond acceptors (Lipinski definition) is 2. The Kier molecular flexibility index (Phi) is 5.16. The minimum atomic E-state index is 0.301. The van der Waals surface area contributed by atoms with E-state index in [1.807, 2.05) is 0 Å². The Labute approximate surface area is 69.8 Å². The number of allylic oxidation sites excluding steroid dienone is 1. The number of nitrogens with two attached hydrogens (primary N) is 1. The van der Waals surface area contributed by atoms with Crippen molar-refractivity contribution in [1.29, 1.82) is 0 Å². The minimum Gasteiger partial charge on any atom is -0.271 e. The normalized spacial score (nSPS) is 18.1. The second kappa shape index (κ2) is 5.33. The predicted molar refractivity (Wildman–Crippen MR) is 50.0 cm³/mol. The van der Waals surface area contributed by atoms with Crippen LogP contribution in [0.3, 0.4) is 0 Å². The summed E-state index contributed by atoms with van der Waals surface area (Å²) in [5, 5.41) is 0. The molecule has 0 amide bonds. The molecule has 11 heavy (non-hydrogen) atoms. The standard InChI is InChI=1S/C9H20N2/c1-5-7(3)9(6-2)8(4)11-10/h6-8,11H,5,10H2,1-4H3/b9-6-/t7-,8?/m1/s1. The summed E-state index contributed by atoms with van der Waals surface area (Å²) >= 11 is 0. The van der Waals surface area contributed by atoms with Crippen LogP contribution in [0.2, 0.25) is 0 Å². The van der Waals surface area contributed by atoms with E-state index in [2.05, 4.69) is 39.2 Å². The third kappa shape index (κ3) is 3.04. The van der Waals surface area contributed by atoms with Gasteiger partial charge in [0, 0.05) is 6.04 Å². The summed E-state index contributed by atoms with van der Waals surface area (Å²) in [6, 6.07) is 0.301. The van der Waals surface area contributed by atoms with E-state index in [1.54, 1.807) is 0 Å². The van der Waals surface area contributed by atoms with Gasteiger partial charge < -0.3 is 0 Å². The molecule has 0 radical (unpaired) electrons. The molecular formula is C9H20N2. The predicted octanol–water partition coefficient (Wildman–Crippen LogP) is 1.83. The summed E-state index contributed by atoms with van der Waals surface area (Å²) in [4.78, 5) is 0. The van der Waals surface area contributed by atoms with Crippen molar-refractivity contribution in [3.05, 3.63) is 11.6 Å². The average molecular weight is 156 g/mol. The lowest BCUT2D eigenvalue weighted by Crippen LogP contribution is -2.35. The highest BCUT2D eigenvalue weighted by molar-refractivity contribution is 5.11. The van der Waals surface area contributed by atoms with Crippen LogP contribution >= 0.6 is 0 Å². The maximum atomic E-state index is 5.35. The molecule has 0 fully saturated rings. The molecule has 0 saturated carbocycles. The van der Waals surface area contributed by atoms with Crippen LogP contribution in [0.1, 0.15) is 34.1 Å². The van der Waals surface area contributed by atoms with Crippen LogP contribution in [0.4, 0.5) is 0 Å². The van der Waals surface area contributed by atoms with Crippen LogP contribution in [0.25, 0.3) is 0 Å². The van der Waals surface area contributed by atoms with Crippen molar-refractivity contribution in [3.63, 3.8) is 0 Å². The first-order valence-corrected chi connectivity index (χ1v) is 4.29. The van der Waals surface area contributed by atoms with Gasteiger partial charge in [0.15, 0.2) is 0 Å². The zero-order chi connectivity index (χ0) is 8.85. The first kappa shape index (κ1) is 10.7. The van der Waals surface area contributed by atoms with E-state index in [4.69, 9.17) is 5.84 Å². The highest BCUT2D eigenvalue weighted by atomic mass is 15.2. The van der Waals surface area contributed by atoms with Crippen molar-refractivity contribution in [2.75, 3.05) is 0 Å². The highest BCUT2D eigenvalue weighted by Gasteiger charge is 2.11. The lowest BCUT2D eigenvalue weighted by Gasteiger charge is -2.19. The molecule has 0 aromatic heterocycles. The number of rotatable bonds is 4. The molecule has 0 aromatic rings. The maximum Gasteiger partial charge on any atom is 0.0393 e. The Bertz CT molecular complexity index is 118. The van der Waals surface area contributed by atoms with Gasteiger partial charge in [-0.05, 0) is 26.2 Å². The molecule has 0 aliphatic carbocycles. The van der Waals surface area contributed by atoms with E-state index in [0.29, 0.717) is 12.0 Å². The molecule has 0 spiro atoms. The van der Waals surface area contributed by atoms with Gasteiger partial charge in [0.1, 0.15) is 0 Å². The number of nitrogens with one attached hydrogen (secondary N) is 1. The van der Waals surface area contributed by atoms with Crippen LogP contribution in [-0.4, -0.2) is 6.04 Å². The van der Waals surface area contributed by atoms with Gasteiger partial charge in [-0.3, -0.25) is 11.3 Å². The van der Waals surface area contributed by atoms with Gasteiger partial charge in [0.2, 0.25) is 0 Å². The van der Waals surface area contributed by atoms with Gasteiger partial charge in [-0.15, -0.1) is 0 Å². The van der Waals surface area contributed by atoms with Crippen molar-refractivity contribution in [1.82, 2.24) is 5.43 Å². The first-order chi connectivity index (χ1) is 5.17. The third-order valence-corrected chi connectivity index (χ3v) is 2.26. The largest absolute Gasteiger partial charge is 0.271 e. The molecule has 3 N–H and O–H groups in total. The maximum absolute atomic E-state index is 5.35. The lowest BCUT2D eigenvalue weighted by molar-refractivity contribution is 0.537. The zero-order valence-corrected chi connectivity index (χ0v) is 8.02. The fourth-order valence-electron chi connectivity index (χ4n) is 1.29. The van der Waals surface area contributed by atoms with Crippen LogP contribution < -0.4 is 11.3 Å². The van der Waals surface area contributed by atoms with Crippen LogP contribution in [0, 0.1) is 5.92 Å². The van der Waals surface area contributed by atoms with Gasteiger partial charge in [-0.25, -0.2) is 0 Å². The summed E-state index contributed by atoms with van der Waals surface area (Å²) in [6.07, 6.45) is 3.32. The Morgan fingerprint density at radius 3 is 2.36 bits per heavy atom. The Balaban J connectivity index is 4.17. The SMILES string of the molecule is C/C=C(\C(C)NN)[C@H](C)CC. The van der Waals surface area contributed by atoms with Crippen molar-refractivity contribution in [2.45, 2.75) is 40.2 Å². The lowest BCUT2D eigenvalue weighted by atomic mass is 9.93. The highest BCUT2D eigenvalue weighted by Crippen LogP contribution is 2.16. The Morgan fingerprint density at radius 2 is 2.09 bits per heavy atom. The summed E-state index contributed by atoms with van der Waals surface area (Å²) in [5.74, 6) is 5.98. The van der Waals surface area contributed by atoms with Crippen LogP contribution in [-0.2, 0) is 0 Å². The third-order valence-electron chi connectivity index (χ3n) is 2.26. The van der Waals surface area contributed by atoms with Crippen LogP contribution in [0.5, 0.6) is 0 Å². The molecule has 0 heterocycles. The average Bonchev–Trinajstić information content (AvgIpc) is 2.05. The summed E-state index contributed by atoms with van der Waals surface area (Å²) in [6.45, 7) is 8.57. The van der Waals surface area contributed by atoms with E-state index in [-0.39, 0.29) is 0 Å². The second-order valence-electron chi connectivity index (χ2n) is 2.99. The quantitative estimate of drug-likeness (QED) is 0.370. The molecule has 66 valence electrons. The zero-order valence-electron chi connectivity index (χ0n) is 8.02. The van der Waals surface area contributed by atoms with Crippen molar-refractivity contribution < 1.29 is 0 Å². The van der Waals surface area contributed by atoms with Gasteiger partial charge in [-0.1, -0.05) is 25.5 Å². The van der Waals surface area contributed by atoms with Gasteiger partial charge in [0.25, 0.3) is 0 Å². The fourth-order valence-corrected chi connectivity index (χ4v) is 1.29. The monoisotopic (exact) mass is 156 g/mol. The molecule has 0 bridgehead atoms. The molecule has 0 saturated heterocycles. The van der Waals surface area contributed by atoms with E-state index in [0.717, 1.165) is 0 Å². The molecule has 0 rings (SSSR count). The first-order valence-electron chi connectivity index (χ1n) is 4.29. The Hall–Kier alpha value is -0.340. The van der Waals surface area contributed by atoms with E-state index < -0.39 is 0 Å². The van der Waals surface area contributed by atoms with E-state index >= 15 is 0 Å². The molecule has 0 aliphatic rings. The fraction of sp³-hybridized carbons (Fsp3) is 0.778. The molecule has 2 nitrogen and oxygen atoms in total. The smallest absolute Gasteiger partial charge is 0.0393 e. The Morgan fingerprint density at radius 1 is 1.55 bits per heavy atom. The topological polar surface area (TPSA) is 38.0 Å². The molecule has 2 heteroatoms. The van der Waals surface area contributed by atoms with Crippen molar-refractivity contribution in [2.24, 2.45) is 11.8 Å². The van der Waals surface area contributed by atoms with Crippen LogP contribution in [0.15, 0.2) is 11.6 Å². The van der Waals surface area contributed by atoms with Gasteiger partial charge >= 0.3 is 0 Å². The second-order valence-corrected chi connectivity index (χ2v) is 2.99. The molecule has 0 aliphatic heterocycles. The van der Waals surface area contributed by atoms with Gasteiger partial charge in [0.05, 0.1) is 0 Å². The molecule has 0 aromatic carbocycles. The minimum absolute atomic E-state index is 0.301. The summed E-state index contributed by atoms with van der Waals surface area (Å²) in [7, 11) is 0. The van der Waals surface area contributed by atoms with Crippen molar-refractivity contribution >= 4 is 0 Å². The number of hydrazine groups is 1. The summed E-state index contributed by atoms with van der Waals surface area (Å²) in [5.41, 5.74) is 4.16. The number of hydrogen-bond donors (Lipinski definition) is 2.